The van der Waals surface area contributed by atoms with Gasteiger partial charge in [0.05, 0.1) is 0 Å². The zero-order valence-corrected chi connectivity index (χ0v) is 11.1. The van der Waals surface area contributed by atoms with Gasteiger partial charge in [-0.05, 0) is 36.5 Å². The van der Waals surface area contributed by atoms with Crippen molar-refractivity contribution in [3.63, 3.8) is 0 Å². The van der Waals surface area contributed by atoms with Gasteiger partial charge in [0.25, 0.3) is 5.91 Å². The van der Waals surface area contributed by atoms with E-state index in [4.69, 9.17) is 5.11 Å². The van der Waals surface area contributed by atoms with Gasteiger partial charge < -0.3 is 10.0 Å². The Morgan fingerprint density at radius 3 is 2.32 bits per heavy atom. The fraction of sp³-hybridized carbons (Fsp3) is 0.467. The molecule has 0 aromatic heterocycles. The minimum Gasteiger partial charge on any atom is -0.480 e. The van der Waals surface area contributed by atoms with Crippen molar-refractivity contribution >= 4 is 11.9 Å². The molecule has 1 aliphatic carbocycles. The Morgan fingerprint density at radius 2 is 1.79 bits per heavy atom. The van der Waals surface area contributed by atoms with Crippen LogP contribution in [0.3, 0.4) is 0 Å². The summed E-state index contributed by atoms with van der Waals surface area (Å²) in [5, 5.41) is 8.67. The van der Waals surface area contributed by atoms with Crippen LogP contribution in [0.2, 0.25) is 0 Å². The van der Waals surface area contributed by atoms with Crippen molar-refractivity contribution in [2.75, 3.05) is 13.6 Å². The smallest absolute Gasteiger partial charge is 0.323 e. The van der Waals surface area contributed by atoms with E-state index in [-0.39, 0.29) is 12.5 Å². The molecule has 1 aromatic carbocycles. The molecule has 4 heteroatoms. The summed E-state index contributed by atoms with van der Waals surface area (Å²) in [5.74, 6) is -0.625. The third kappa shape index (κ3) is 3.34. The fourth-order valence-electron chi connectivity index (χ4n) is 2.65. The first-order valence-corrected chi connectivity index (χ1v) is 6.65. The molecule has 1 amide bonds. The lowest BCUT2D eigenvalue weighted by Gasteiger charge is -2.15. The first-order valence-electron chi connectivity index (χ1n) is 6.65. The van der Waals surface area contributed by atoms with Crippen LogP contribution in [-0.4, -0.2) is 35.5 Å². The summed E-state index contributed by atoms with van der Waals surface area (Å²) in [5.41, 5.74) is 1.83. The largest absolute Gasteiger partial charge is 0.480 e. The Balaban J connectivity index is 2.05. The van der Waals surface area contributed by atoms with Gasteiger partial charge in [-0.1, -0.05) is 25.0 Å². The minimum atomic E-state index is -1.00. The number of nitrogens with zero attached hydrogens (tertiary/aromatic N) is 1. The van der Waals surface area contributed by atoms with Gasteiger partial charge in [0, 0.05) is 12.6 Å². The highest BCUT2D eigenvalue weighted by Gasteiger charge is 2.18. The van der Waals surface area contributed by atoms with Crippen molar-refractivity contribution in [3.05, 3.63) is 35.4 Å². The molecule has 0 radical (unpaired) electrons. The van der Waals surface area contributed by atoms with Crippen molar-refractivity contribution < 1.29 is 14.7 Å². The van der Waals surface area contributed by atoms with E-state index in [1.807, 2.05) is 12.1 Å². The zero-order valence-electron chi connectivity index (χ0n) is 11.1. The average molecular weight is 261 g/mol. The van der Waals surface area contributed by atoms with Gasteiger partial charge in [-0.25, -0.2) is 0 Å². The topological polar surface area (TPSA) is 57.6 Å². The van der Waals surface area contributed by atoms with E-state index < -0.39 is 5.97 Å². The van der Waals surface area contributed by atoms with Gasteiger partial charge in [0.15, 0.2) is 0 Å². The summed E-state index contributed by atoms with van der Waals surface area (Å²) in [4.78, 5) is 23.8. The van der Waals surface area contributed by atoms with Crippen molar-refractivity contribution in [2.24, 2.45) is 0 Å². The summed E-state index contributed by atoms with van der Waals surface area (Å²) < 4.78 is 0. The predicted molar refractivity (Wildman–Crippen MR) is 72.2 cm³/mol. The van der Waals surface area contributed by atoms with E-state index in [1.54, 1.807) is 12.1 Å². The maximum Gasteiger partial charge on any atom is 0.323 e. The quantitative estimate of drug-likeness (QED) is 0.906. The molecule has 0 saturated heterocycles. The highest BCUT2D eigenvalue weighted by atomic mass is 16.4. The number of likely N-dealkylation sites (N-methyl/N-ethyl adjacent to an activating group) is 1. The molecule has 1 N–H and O–H groups in total. The normalized spacial score (nSPS) is 15.4. The van der Waals surface area contributed by atoms with Crippen molar-refractivity contribution in [1.29, 1.82) is 0 Å². The van der Waals surface area contributed by atoms with Crippen LogP contribution < -0.4 is 0 Å². The van der Waals surface area contributed by atoms with E-state index in [1.165, 1.54) is 43.2 Å². The van der Waals surface area contributed by atoms with Crippen molar-refractivity contribution in [1.82, 2.24) is 4.90 Å². The van der Waals surface area contributed by atoms with E-state index in [9.17, 15) is 9.59 Å². The average Bonchev–Trinajstić information content (AvgIpc) is 2.91. The monoisotopic (exact) mass is 261 g/mol. The maximum atomic E-state index is 12.0. The molecule has 0 unspecified atom stereocenters. The minimum absolute atomic E-state index is 0.250. The third-order valence-electron chi connectivity index (χ3n) is 3.70. The summed E-state index contributed by atoms with van der Waals surface area (Å²) in [7, 11) is 1.50. The molecule has 0 spiro atoms. The zero-order chi connectivity index (χ0) is 13.8. The molecular formula is C15H19NO3. The summed E-state index contributed by atoms with van der Waals surface area (Å²) >= 11 is 0. The molecule has 1 fully saturated rings. The number of carbonyl (C=O) groups is 2. The molecule has 1 aromatic rings. The van der Waals surface area contributed by atoms with Gasteiger partial charge in [-0.3, -0.25) is 9.59 Å². The second-order valence-corrected chi connectivity index (χ2v) is 5.16. The number of amides is 1. The predicted octanol–water partition coefficient (Wildman–Crippen LogP) is 2.50. The number of rotatable bonds is 4. The summed E-state index contributed by atoms with van der Waals surface area (Å²) in [6.45, 7) is -0.275. The standard InChI is InChI=1S/C15H19NO3/c1-16(10-14(17)18)15(19)13-8-6-12(7-9-13)11-4-2-3-5-11/h6-9,11H,2-5,10H2,1H3,(H,17,18). The van der Waals surface area contributed by atoms with Crippen LogP contribution in [-0.2, 0) is 4.79 Å². The van der Waals surface area contributed by atoms with Crippen LogP contribution >= 0.6 is 0 Å². The number of benzene rings is 1. The van der Waals surface area contributed by atoms with Gasteiger partial charge in [-0.15, -0.1) is 0 Å². The number of hydrogen-bond acceptors (Lipinski definition) is 2. The van der Waals surface area contributed by atoms with Gasteiger partial charge in [-0.2, -0.15) is 0 Å². The Kier molecular flexibility index (Phi) is 4.20. The number of carboxylic acids is 1. The second-order valence-electron chi connectivity index (χ2n) is 5.16. The molecule has 0 aliphatic heterocycles. The maximum absolute atomic E-state index is 12.0. The SMILES string of the molecule is CN(CC(=O)O)C(=O)c1ccc(C2CCCC2)cc1. The molecule has 0 atom stereocenters. The highest BCUT2D eigenvalue weighted by Crippen LogP contribution is 2.33. The van der Waals surface area contributed by atoms with E-state index in [0.717, 1.165) is 0 Å². The molecule has 0 heterocycles. The van der Waals surface area contributed by atoms with Gasteiger partial charge in [0.1, 0.15) is 6.54 Å². The van der Waals surface area contributed by atoms with E-state index in [2.05, 4.69) is 0 Å². The van der Waals surface area contributed by atoms with Crippen LogP contribution in [0, 0.1) is 0 Å². The Hall–Kier alpha value is -1.84. The first-order chi connectivity index (χ1) is 9.08. The van der Waals surface area contributed by atoms with Crippen LogP contribution in [0.25, 0.3) is 0 Å². The molecule has 0 bridgehead atoms. The number of hydrogen-bond donors (Lipinski definition) is 1. The third-order valence-corrected chi connectivity index (χ3v) is 3.70. The molecule has 102 valence electrons. The lowest BCUT2D eigenvalue weighted by Crippen LogP contribution is -2.31. The summed E-state index contributed by atoms with van der Waals surface area (Å²) in [6, 6.07) is 7.60. The molecule has 1 saturated carbocycles. The molecule has 4 nitrogen and oxygen atoms in total. The molecule has 19 heavy (non-hydrogen) atoms. The van der Waals surface area contributed by atoms with Crippen molar-refractivity contribution in [2.45, 2.75) is 31.6 Å². The van der Waals surface area contributed by atoms with Crippen LogP contribution in [0.15, 0.2) is 24.3 Å². The number of carbonyl (C=O) groups excluding carboxylic acids is 1. The lowest BCUT2D eigenvalue weighted by molar-refractivity contribution is -0.137. The number of carboxylic acid groups (broad SMARTS) is 1. The van der Waals surface area contributed by atoms with Crippen LogP contribution in [0.5, 0.6) is 0 Å². The Bertz CT molecular complexity index is 461. The van der Waals surface area contributed by atoms with Crippen LogP contribution in [0.4, 0.5) is 0 Å². The Labute approximate surface area is 113 Å². The summed E-state index contributed by atoms with van der Waals surface area (Å²) in [6.07, 6.45) is 5.03. The number of aliphatic carboxylic acids is 1. The lowest BCUT2D eigenvalue weighted by atomic mass is 9.96. The molecule has 2 rings (SSSR count). The van der Waals surface area contributed by atoms with Gasteiger partial charge >= 0.3 is 5.97 Å². The van der Waals surface area contributed by atoms with E-state index >= 15 is 0 Å². The van der Waals surface area contributed by atoms with Crippen molar-refractivity contribution in [3.8, 4) is 0 Å². The molecule has 1 aliphatic rings. The van der Waals surface area contributed by atoms with Gasteiger partial charge in [0.2, 0.25) is 0 Å². The first kappa shape index (κ1) is 13.6. The molecular weight excluding hydrogens is 242 g/mol. The fourth-order valence-corrected chi connectivity index (χ4v) is 2.65. The second kappa shape index (κ2) is 5.87. The van der Waals surface area contributed by atoms with Crippen LogP contribution in [0.1, 0.15) is 47.5 Å². The van der Waals surface area contributed by atoms with E-state index in [0.29, 0.717) is 11.5 Å². The highest BCUT2D eigenvalue weighted by molar-refractivity contribution is 5.95. The Morgan fingerprint density at radius 1 is 1.21 bits per heavy atom.